The highest BCUT2D eigenvalue weighted by Gasteiger charge is 2.45. The van der Waals surface area contributed by atoms with Crippen molar-refractivity contribution in [3.63, 3.8) is 0 Å². The van der Waals surface area contributed by atoms with Crippen LogP contribution in [0, 0.1) is 0 Å². The van der Waals surface area contributed by atoms with E-state index in [2.05, 4.69) is 29.2 Å². The SMILES string of the molecule is O=C1C(=O)N(CN2CCOC3(CCc4ccccc43)C2)c2cccc(Cl)c21. The second-order valence-electron chi connectivity index (χ2n) is 7.39. The Morgan fingerprint density at radius 1 is 1.11 bits per heavy atom. The van der Waals surface area contributed by atoms with Crippen molar-refractivity contribution in [1.29, 1.82) is 0 Å². The van der Waals surface area contributed by atoms with E-state index >= 15 is 0 Å². The zero-order valence-electron chi connectivity index (χ0n) is 14.8. The van der Waals surface area contributed by atoms with Crippen LogP contribution in [0.4, 0.5) is 5.69 Å². The third kappa shape index (κ3) is 2.53. The lowest BCUT2D eigenvalue weighted by atomic mass is 9.94. The predicted molar refractivity (Wildman–Crippen MR) is 102 cm³/mol. The molecule has 0 bridgehead atoms. The number of fused-ring (bicyclic) bond motifs is 3. The van der Waals surface area contributed by atoms with E-state index in [1.807, 2.05) is 0 Å². The third-order valence-corrected chi connectivity index (χ3v) is 6.18. The molecule has 1 unspecified atom stereocenters. The first kappa shape index (κ1) is 16.9. The second-order valence-corrected chi connectivity index (χ2v) is 7.80. The number of Topliss-reactive ketones (excluding diaryl/α,β-unsaturated/α-hetero) is 1. The number of amides is 1. The van der Waals surface area contributed by atoms with Gasteiger partial charge >= 0.3 is 5.91 Å². The number of rotatable bonds is 2. The molecular formula is C21H19ClN2O3. The molecule has 1 fully saturated rings. The van der Waals surface area contributed by atoms with Gasteiger partial charge in [-0.25, -0.2) is 0 Å². The molecular weight excluding hydrogens is 364 g/mol. The van der Waals surface area contributed by atoms with Crippen LogP contribution in [-0.4, -0.2) is 43.0 Å². The molecule has 0 radical (unpaired) electrons. The average molecular weight is 383 g/mol. The topological polar surface area (TPSA) is 49.9 Å². The highest BCUT2D eigenvalue weighted by atomic mass is 35.5. The van der Waals surface area contributed by atoms with Crippen molar-refractivity contribution in [3.8, 4) is 0 Å². The normalized spacial score (nSPS) is 24.6. The van der Waals surface area contributed by atoms with Gasteiger partial charge in [0.05, 0.1) is 29.5 Å². The Labute approximate surface area is 162 Å². The van der Waals surface area contributed by atoms with Crippen molar-refractivity contribution in [2.45, 2.75) is 18.4 Å². The molecule has 1 spiro atoms. The number of benzene rings is 2. The number of anilines is 1. The molecule has 27 heavy (non-hydrogen) atoms. The van der Waals surface area contributed by atoms with E-state index in [0.29, 0.717) is 36.1 Å². The lowest BCUT2D eigenvalue weighted by Crippen LogP contribution is -2.52. The summed E-state index contributed by atoms with van der Waals surface area (Å²) in [6.45, 7) is 2.40. The summed E-state index contributed by atoms with van der Waals surface area (Å²) >= 11 is 6.16. The predicted octanol–water partition coefficient (Wildman–Crippen LogP) is 3.00. The first-order valence-corrected chi connectivity index (χ1v) is 9.56. The Bertz CT molecular complexity index is 956. The van der Waals surface area contributed by atoms with E-state index in [4.69, 9.17) is 16.3 Å². The fraction of sp³-hybridized carbons (Fsp3) is 0.333. The first-order chi connectivity index (χ1) is 13.1. The van der Waals surface area contributed by atoms with Gasteiger partial charge < -0.3 is 4.74 Å². The maximum Gasteiger partial charge on any atom is 0.300 e. The van der Waals surface area contributed by atoms with E-state index in [9.17, 15) is 9.59 Å². The van der Waals surface area contributed by atoms with Crippen molar-refractivity contribution in [2.24, 2.45) is 0 Å². The monoisotopic (exact) mass is 382 g/mol. The van der Waals surface area contributed by atoms with Gasteiger partial charge in [0, 0.05) is 13.1 Å². The number of morpholine rings is 1. The number of ether oxygens (including phenoxy) is 1. The Balaban J connectivity index is 1.42. The van der Waals surface area contributed by atoms with Crippen molar-refractivity contribution >= 4 is 29.0 Å². The summed E-state index contributed by atoms with van der Waals surface area (Å²) in [6, 6.07) is 13.6. The number of carbonyl (C=O) groups excluding carboxylic acids is 2. The minimum absolute atomic E-state index is 0.318. The molecule has 0 saturated carbocycles. The zero-order chi connectivity index (χ0) is 18.6. The van der Waals surface area contributed by atoms with Crippen LogP contribution >= 0.6 is 11.6 Å². The lowest BCUT2D eigenvalue weighted by molar-refractivity contribution is -0.121. The molecule has 0 aromatic heterocycles. The molecule has 2 heterocycles. The summed E-state index contributed by atoms with van der Waals surface area (Å²) in [5.74, 6) is -1.03. The fourth-order valence-electron chi connectivity index (χ4n) is 4.59. The zero-order valence-corrected chi connectivity index (χ0v) is 15.5. The van der Waals surface area contributed by atoms with Gasteiger partial charge in [-0.05, 0) is 36.1 Å². The molecule has 2 aliphatic heterocycles. The molecule has 0 N–H and O–H groups in total. The quantitative estimate of drug-likeness (QED) is 0.749. The van der Waals surface area contributed by atoms with Crippen LogP contribution in [0.3, 0.4) is 0 Å². The largest absolute Gasteiger partial charge is 0.368 e. The van der Waals surface area contributed by atoms with Gasteiger partial charge in [0.15, 0.2) is 0 Å². The highest BCUT2D eigenvalue weighted by Crippen LogP contribution is 2.42. The molecule has 1 amide bonds. The molecule has 2 aromatic rings. The number of halogens is 1. The maximum absolute atomic E-state index is 12.6. The Morgan fingerprint density at radius 3 is 2.85 bits per heavy atom. The van der Waals surface area contributed by atoms with Crippen molar-refractivity contribution in [2.75, 3.05) is 31.3 Å². The van der Waals surface area contributed by atoms with E-state index < -0.39 is 11.7 Å². The van der Waals surface area contributed by atoms with Gasteiger partial charge in [0.2, 0.25) is 0 Å². The van der Waals surface area contributed by atoms with E-state index in [1.165, 1.54) is 11.1 Å². The lowest BCUT2D eigenvalue weighted by Gasteiger charge is -2.42. The summed E-state index contributed by atoms with van der Waals surface area (Å²) in [5, 5.41) is 0.330. The van der Waals surface area contributed by atoms with E-state index in [-0.39, 0.29) is 5.60 Å². The summed E-state index contributed by atoms with van der Waals surface area (Å²) in [7, 11) is 0. The maximum atomic E-state index is 12.6. The van der Waals surface area contributed by atoms with Crippen LogP contribution in [0.1, 0.15) is 27.9 Å². The number of carbonyl (C=O) groups is 2. The average Bonchev–Trinajstić information content (AvgIpc) is 3.14. The minimum atomic E-state index is -0.523. The van der Waals surface area contributed by atoms with Crippen LogP contribution in [0.5, 0.6) is 0 Å². The fourth-order valence-corrected chi connectivity index (χ4v) is 4.84. The molecule has 1 atom stereocenters. The minimum Gasteiger partial charge on any atom is -0.368 e. The first-order valence-electron chi connectivity index (χ1n) is 9.18. The van der Waals surface area contributed by atoms with Crippen LogP contribution in [0.25, 0.3) is 0 Å². The van der Waals surface area contributed by atoms with Crippen molar-refractivity contribution in [1.82, 2.24) is 4.90 Å². The Kier molecular flexibility index (Phi) is 3.86. The molecule has 1 saturated heterocycles. The summed E-state index contributed by atoms with van der Waals surface area (Å²) in [4.78, 5) is 28.7. The van der Waals surface area contributed by atoms with Crippen LogP contribution in [0.15, 0.2) is 42.5 Å². The van der Waals surface area contributed by atoms with Gasteiger partial charge in [-0.1, -0.05) is 41.9 Å². The molecule has 5 nitrogen and oxygen atoms in total. The standard InChI is InChI=1S/C21H19ClN2O3/c22-16-6-3-7-17-18(16)19(25)20(26)24(17)13-23-10-11-27-21(12-23)9-8-14-4-1-2-5-15(14)21/h1-7H,8-13H2. The second kappa shape index (κ2) is 6.16. The molecule has 6 heteroatoms. The van der Waals surface area contributed by atoms with Crippen LogP contribution < -0.4 is 4.90 Å². The van der Waals surface area contributed by atoms with E-state index in [0.717, 1.165) is 19.4 Å². The highest BCUT2D eigenvalue weighted by molar-refractivity contribution is 6.55. The molecule has 3 aliphatic rings. The van der Waals surface area contributed by atoms with Gasteiger partial charge in [0.1, 0.15) is 5.60 Å². The van der Waals surface area contributed by atoms with Gasteiger partial charge in [-0.3, -0.25) is 19.4 Å². The summed E-state index contributed by atoms with van der Waals surface area (Å²) < 4.78 is 6.25. The Morgan fingerprint density at radius 2 is 1.96 bits per heavy atom. The smallest absolute Gasteiger partial charge is 0.300 e. The molecule has 1 aliphatic carbocycles. The van der Waals surface area contributed by atoms with Gasteiger partial charge in [-0.2, -0.15) is 0 Å². The number of hydrogen-bond donors (Lipinski definition) is 0. The van der Waals surface area contributed by atoms with Crippen LogP contribution in [-0.2, 0) is 21.6 Å². The van der Waals surface area contributed by atoms with Crippen molar-refractivity contribution in [3.05, 3.63) is 64.2 Å². The molecule has 2 aromatic carbocycles. The van der Waals surface area contributed by atoms with Crippen LogP contribution in [0.2, 0.25) is 5.02 Å². The van der Waals surface area contributed by atoms with Gasteiger partial charge in [-0.15, -0.1) is 0 Å². The number of hydrogen-bond acceptors (Lipinski definition) is 4. The molecule has 138 valence electrons. The number of nitrogens with zero attached hydrogens (tertiary/aromatic N) is 2. The number of ketones is 1. The summed E-state index contributed by atoms with van der Waals surface area (Å²) in [6.07, 6.45) is 1.95. The Hall–Kier alpha value is -2.21. The molecule has 5 rings (SSSR count). The number of aryl methyl sites for hydroxylation is 1. The summed E-state index contributed by atoms with van der Waals surface area (Å²) in [5.41, 5.74) is 3.19. The van der Waals surface area contributed by atoms with Gasteiger partial charge in [0.25, 0.3) is 5.78 Å². The third-order valence-electron chi connectivity index (χ3n) is 5.86. The van der Waals surface area contributed by atoms with E-state index in [1.54, 1.807) is 23.1 Å². The van der Waals surface area contributed by atoms with Crippen molar-refractivity contribution < 1.29 is 14.3 Å².